The van der Waals surface area contributed by atoms with Crippen LogP contribution < -0.4 is 15.0 Å². The van der Waals surface area contributed by atoms with Crippen LogP contribution in [0.15, 0.2) is 36.7 Å². The summed E-state index contributed by atoms with van der Waals surface area (Å²) in [5, 5.41) is 3.13. The fraction of sp³-hybridized carbons (Fsp3) is 0.353. The first-order chi connectivity index (χ1) is 12.1. The van der Waals surface area contributed by atoms with E-state index in [9.17, 15) is 4.79 Å². The van der Waals surface area contributed by atoms with E-state index in [-0.39, 0.29) is 17.2 Å². The zero-order valence-corrected chi connectivity index (χ0v) is 14.9. The molecule has 1 N–H and O–H groups in total. The Morgan fingerprint density at radius 1 is 1.32 bits per heavy atom. The van der Waals surface area contributed by atoms with Crippen molar-refractivity contribution in [2.24, 2.45) is 0 Å². The second-order valence-electron chi connectivity index (χ2n) is 5.84. The van der Waals surface area contributed by atoms with E-state index in [1.807, 2.05) is 12.1 Å². The van der Waals surface area contributed by atoms with Crippen molar-refractivity contribution in [3.05, 3.63) is 41.8 Å². The van der Waals surface area contributed by atoms with Gasteiger partial charge in [0.05, 0.1) is 12.8 Å². The highest BCUT2D eigenvalue weighted by atomic mass is 35.5. The van der Waals surface area contributed by atoms with Crippen molar-refractivity contribution in [2.45, 2.75) is 13.0 Å². The molecular weight excluding hydrogens is 342 g/mol. The predicted molar refractivity (Wildman–Crippen MR) is 97.4 cm³/mol. The summed E-state index contributed by atoms with van der Waals surface area (Å²) >= 11 is 5.94. The maximum atomic E-state index is 12.5. The normalized spacial score (nSPS) is 17.3. The fourth-order valence-corrected chi connectivity index (χ4v) is 3.11. The molecule has 2 amide bonds. The number of urea groups is 1. The van der Waals surface area contributed by atoms with Crippen LogP contribution >= 0.6 is 11.6 Å². The van der Waals surface area contributed by atoms with Crippen molar-refractivity contribution in [1.29, 1.82) is 0 Å². The molecule has 1 atom stereocenters. The monoisotopic (exact) mass is 361 g/mol. The molecular formula is C17H20ClN5O2. The molecule has 1 aliphatic rings. The van der Waals surface area contributed by atoms with Gasteiger partial charge in [-0.25, -0.2) is 9.78 Å². The summed E-state index contributed by atoms with van der Waals surface area (Å²) < 4.78 is 5.07. The number of nitrogens with zero attached hydrogens (tertiary/aromatic N) is 4. The van der Waals surface area contributed by atoms with Crippen LogP contribution in [0, 0.1) is 0 Å². The number of piperazine rings is 1. The second-order valence-corrected chi connectivity index (χ2v) is 6.23. The van der Waals surface area contributed by atoms with Crippen LogP contribution in [0.4, 0.5) is 16.2 Å². The third-order valence-electron chi connectivity index (χ3n) is 4.14. The molecule has 3 rings (SSSR count). The third kappa shape index (κ3) is 4.11. The number of hydrogen-bond acceptors (Lipinski definition) is 5. The summed E-state index contributed by atoms with van der Waals surface area (Å²) in [7, 11) is 1.50. The Morgan fingerprint density at radius 2 is 2.08 bits per heavy atom. The van der Waals surface area contributed by atoms with Crippen LogP contribution in [0.1, 0.15) is 6.92 Å². The summed E-state index contributed by atoms with van der Waals surface area (Å²) in [6, 6.07) is 7.25. The molecule has 0 saturated carbocycles. The Morgan fingerprint density at radius 3 is 2.76 bits per heavy atom. The molecule has 2 aromatic rings. The number of aromatic nitrogens is 2. The van der Waals surface area contributed by atoms with E-state index in [0.717, 1.165) is 12.2 Å². The molecule has 3 heterocycles. The van der Waals surface area contributed by atoms with Crippen LogP contribution in [0.2, 0.25) is 5.15 Å². The standard InChI is InChI=1S/C17H20ClN5O2/c1-12-11-22(7-8-23(12)14-3-5-19-6-4-14)17(24)20-13-9-15(18)21-16(10-13)25-2/h3-6,9-10,12H,7-8,11H2,1-2H3,(H,20,21,24). The summed E-state index contributed by atoms with van der Waals surface area (Å²) in [6.45, 7) is 4.13. The molecule has 132 valence electrons. The van der Waals surface area contributed by atoms with Gasteiger partial charge >= 0.3 is 6.03 Å². The first-order valence-corrected chi connectivity index (χ1v) is 8.39. The van der Waals surface area contributed by atoms with Gasteiger partial charge in [-0.05, 0) is 25.1 Å². The molecule has 1 saturated heterocycles. The average molecular weight is 362 g/mol. The SMILES string of the molecule is COc1cc(NC(=O)N2CCN(c3ccncc3)C(C)C2)cc(Cl)n1. The first-order valence-electron chi connectivity index (χ1n) is 8.01. The van der Waals surface area contributed by atoms with Gasteiger partial charge in [0.1, 0.15) is 5.15 Å². The minimum atomic E-state index is -0.162. The van der Waals surface area contributed by atoms with E-state index in [4.69, 9.17) is 16.3 Å². The molecule has 7 nitrogen and oxygen atoms in total. The minimum absolute atomic E-state index is 0.162. The fourth-order valence-electron chi connectivity index (χ4n) is 2.91. The van der Waals surface area contributed by atoms with Crippen molar-refractivity contribution >= 4 is 29.0 Å². The molecule has 25 heavy (non-hydrogen) atoms. The molecule has 0 aliphatic carbocycles. The average Bonchev–Trinajstić information content (AvgIpc) is 2.61. The van der Waals surface area contributed by atoms with E-state index >= 15 is 0 Å². The first kappa shape index (κ1) is 17.3. The Bertz CT molecular complexity index is 743. The number of methoxy groups -OCH3 is 1. The van der Waals surface area contributed by atoms with Crippen molar-refractivity contribution in [2.75, 3.05) is 37.0 Å². The Labute approximate surface area is 151 Å². The van der Waals surface area contributed by atoms with Crippen LogP contribution in [-0.2, 0) is 0 Å². The highest BCUT2D eigenvalue weighted by Crippen LogP contribution is 2.22. The Balaban J connectivity index is 1.64. The molecule has 2 aromatic heterocycles. The number of halogens is 1. The number of carbonyl (C=O) groups excluding carboxylic acids is 1. The van der Waals surface area contributed by atoms with Crippen LogP contribution in [-0.4, -0.2) is 53.7 Å². The van der Waals surface area contributed by atoms with E-state index in [2.05, 4.69) is 27.1 Å². The third-order valence-corrected chi connectivity index (χ3v) is 4.33. The van der Waals surface area contributed by atoms with Gasteiger partial charge in [0.25, 0.3) is 0 Å². The van der Waals surface area contributed by atoms with Gasteiger partial charge in [-0.3, -0.25) is 4.98 Å². The van der Waals surface area contributed by atoms with Crippen molar-refractivity contribution < 1.29 is 9.53 Å². The number of hydrogen-bond donors (Lipinski definition) is 1. The smallest absolute Gasteiger partial charge is 0.321 e. The summed E-state index contributed by atoms with van der Waals surface area (Å²) in [4.78, 5) is 24.7. The topological polar surface area (TPSA) is 70.6 Å². The molecule has 1 fully saturated rings. The number of pyridine rings is 2. The molecule has 0 radical (unpaired) electrons. The minimum Gasteiger partial charge on any atom is -0.481 e. The van der Waals surface area contributed by atoms with E-state index in [0.29, 0.717) is 24.7 Å². The molecule has 8 heteroatoms. The zero-order chi connectivity index (χ0) is 17.8. The lowest BCUT2D eigenvalue weighted by atomic mass is 10.1. The Hall–Kier alpha value is -2.54. The lowest BCUT2D eigenvalue weighted by molar-refractivity contribution is 0.200. The maximum absolute atomic E-state index is 12.5. The summed E-state index contributed by atoms with van der Waals surface area (Å²) in [6.07, 6.45) is 3.56. The van der Waals surface area contributed by atoms with Gasteiger partial charge in [0.15, 0.2) is 0 Å². The highest BCUT2D eigenvalue weighted by molar-refractivity contribution is 6.29. The quantitative estimate of drug-likeness (QED) is 0.851. The molecule has 0 spiro atoms. The summed E-state index contributed by atoms with van der Waals surface area (Å²) in [5.41, 5.74) is 1.68. The number of rotatable bonds is 3. The number of carbonyl (C=O) groups is 1. The highest BCUT2D eigenvalue weighted by Gasteiger charge is 2.27. The molecule has 0 aromatic carbocycles. The lowest BCUT2D eigenvalue weighted by Crippen LogP contribution is -2.54. The van der Waals surface area contributed by atoms with Gasteiger partial charge in [-0.2, -0.15) is 0 Å². The van der Waals surface area contributed by atoms with E-state index in [1.165, 1.54) is 7.11 Å². The number of nitrogens with one attached hydrogen (secondary N) is 1. The van der Waals surface area contributed by atoms with Crippen LogP contribution in [0.25, 0.3) is 0 Å². The largest absolute Gasteiger partial charge is 0.481 e. The van der Waals surface area contributed by atoms with E-state index in [1.54, 1.807) is 29.4 Å². The van der Waals surface area contributed by atoms with Crippen LogP contribution in [0.3, 0.4) is 0 Å². The van der Waals surface area contributed by atoms with Gasteiger partial charge < -0.3 is 19.9 Å². The predicted octanol–water partition coefficient (Wildman–Crippen LogP) is 2.88. The van der Waals surface area contributed by atoms with Gasteiger partial charge in [0.2, 0.25) is 5.88 Å². The molecule has 1 unspecified atom stereocenters. The van der Waals surface area contributed by atoms with Crippen molar-refractivity contribution in [3.63, 3.8) is 0 Å². The maximum Gasteiger partial charge on any atom is 0.321 e. The summed E-state index contributed by atoms with van der Waals surface area (Å²) in [5.74, 6) is 0.360. The number of ether oxygens (including phenoxy) is 1. The second kappa shape index (κ2) is 7.57. The van der Waals surface area contributed by atoms with Gasteiger partial charge in [0, 0.05) is 49.8 Å². The number of anilines is 2. The van der Waals surface area contributed by atoms with Crippen molar-refractivity contribution in [3.8, 4) is 5.88 Å². The van der Waals surface area contributed by atoms with Gasteiger partial charge in [-0.15, -0.1) is 0 Å². The zero-order valence-electron chi connectivity index (χ0n) is 14.1. The van der Waals surface area contributed by atoms with Crippen molar-refractivity contribution in [1.82, 2.24) is 14.9 Å². The molecule has 1 aliphatic heterocycles. The molecule has 0 bridgehead atoms. The van der Waals surface area contributed by atoms with E-state index < -0.39 is 0 Å². The van der Waals surface area contributed by atoms with Gasteiger partial charge in [-0.1, -0.05) is 11.6 Å². The number of amides is 2. The Kier molecular flexibility index (Phi) is 5.23. The van der Waals surface area contributed by atoms with Crippen LogP contribution in [0.5, 0.6) is 5.88 Å². The lowest BCUT2D eigenvalue weighted by Gasteiger charge is -2.41.